The third kappa shape index (κ3) is 4.40. The zero-order valence-electron chi connectivity index (χ0n) is 15.3. The number of aryl methyl sites for hydroxylation is 1. The summed E-state index contributed by atoms with van der Waals surface area (Å²) in [6.07, 6.45) is 5.79. The molecule has 0 bridgehead atoms. The van der Waals surface area contributed by atoms with Crippen LogP contribution in [0.4, 0.5) is 0 Å². The average Bonchev–Trinajstić information content (AvgIpc) is 3.35. The van der Waals surface area contributed by atoms with Crippen LogP contribution in [0.2, 0.25) is 0 Å². The van der Waals surface area contributed by atoms with Gasteiger partial charge in [-0.1, -0.05) is 17.3 Å². The van der Waals surface area contributed by atoms with Crippen molar-refractivity contribution in [1.29, 1.82) is 0 Å². The van der Waals surface area contributed by atoms with Crippen molar-refractivity contribution in [3.05, 3.63) is 60.4 Å². The zero-order valence-corrected chi connectivity index (χ0v) is 15.3. The van der Waals surface area contributed by atoms with E-state index >= 15 is 0 Å². The first-order chi connectivity index (χ1) is 13.8. The number of fused-ring (bicyclic) bond motifs is 1. The molecule has 0 fully saturated rings. The summed E-state index contributed by atoms with van der Waals surface area (Å²) in [6.45, 7) is 0.471. The summed E-state index contributed by atoms with van der Waals surface area (Å²) in [5.74, 6) is 1.93. The molecule has 0 aliphatic carbocycles. The molecule has 3 heterocycles. The predicted octanol–water partition coefficient (Wildman–Crippen LogP) is 2.69. The van der Waals surface area contributed by atoms with Crippen LogP contribution in [0, 0.1) is 0 Å². The molecular formula is C20H20N6O2. The molecule has 142 valence electrons. The number of para-hydroxylation sites is 2. The fraction of sp³-hybridized carbons (Fsp3) is 0.250. The Hall–Kier alpha value is -3.55. The highest BCUT2D eigenvalue weighted by molar-refractivity contribution is 5.76. The average molecular weight is 376 g/mol. The second-order valence-electron chi connectivity index (χ2n) is 6.41. The number of carbonyl (C=O) groups is 1. The van der Waals surface area contributed by atoms with Crippen molar-refractivity contribution < 1.29 is 9.32 Å². The lowest BCUT2D eigenvalue weighted by atomic mass is 10.2. The van der Waals surface area contributed by atoms with Gasteiger partial charge in [-0.15, -0.1) is 0 Å². The van der Waals surface area contributed by atoms with Crippen LogP contribution >= 0.6 is 0 Å². The molecule has 4 aromatic rings. The summed E-state index contributed by atoms with van der Waals surface area (Å²) in [5, 5.41) is 6.83. The number of H-pyrrole nitrogens is 1. The predicted molar refractivity (Wildman–Crippen MR) is 103 cm³/mol. The van der Waals surface area contributed by atoms with Gasteiger partial charge >= 0.3 is 0 Å². The van der Waals surface area contributed by atoms with Crippen LogP contribution < -0.4 is 5.32 Å². The first kappa shape index (κ1) is 17.8. The number of rotatable bonds is 8. The minimum absolute atomic E-state index is 0.00830. The molecule has 8 nitrogen and oxygen atoms in total. The van der Waals surface area contributed by atoms with Gasteiger partial charge in [0, 0.05) is 43.8 Å². The van der Waals surface area contributed by atoms with Crippen LogP contribution in [-0.2, 0) is 17.6 Å². The Labute approximate surface area is 161 Å². The molecule has 8 heteroatoms. The monoisotopic (exact) mass is 376 g/mol. The highest BCUT2D eigenvalue weighted by atomic mass is 16.5. The third-order valence-corrected chi connectivity index (χ3v) is 4.32. The van der Waals surface area contributed by atoms with Crippen LogP contribution in [0.1, 0.15) is 24.5 Å². The number of benzene rings is 1. The molecule has 0 saturated carbocycles. The van der Waals surface area contributed by atoms with E-state index in [1.807, 2.05) is 24.3 Å². The molecule has 1 aromatic carbocycles. The van der Waals surface area contributed by atoms with Gasteiger partial charge in [-0.2, -0.15) is 4.98 Å². The molecule has 4 rings (SSSR count). The number of imidazole rings is 1. The number of carbonyl (C=O) groups excluding carboxylic acids is 1. The van der Waals surface area contributed by atoms with Gasteiger partial charge in [0.2, 0.25) is 5.91 Å². The standard InChI is InChI=1S/C20H20N6O2/c27-19(7-3-6-17-23-15-4-1-2-5-16(15)24-17)22-13-10-18-25-20(28-26-18)14-8-11-21-12-9-14/h1-2,4-5,8-9,11-12H,3,6-7,10,13H2,(H,22,27)(H,23,24). The van der Waals surface area contributed by atoms with E-state index in [9.17, 15) is 4.79 Å². The summed E-state index contributed by atoms with van der Waals surface area (Å²) in [5.41, 5.74) is 2.80. The fourth-order valence-electron chi connectivity index (χ4n) is 2.91. The number of nitrogens with one attached hydrogen (secondary N) is 2. The van der Waals surface area contributed by atoms with Crippen molar-refractivity contribution in [3.8, 4) is 11.5 Å². The molecule has 2 N–H and O–H groups in total. The van der Waals surface area contributed by atoms with Crippen LogP contribution in [-0.4, -0.2) is 37.5 Å². The van der Waals surface area contributed by atoms with E-state index in [0.717, 1.165) is 35.3 Å². The summed E-state index contributed by atoms with van der Waals surface area (Å²) < 4.78 is 5.24. The summed E-state index contributed by atoms with van der Waals surface area (Å²) in [6, 6.07) is 11.5. The van der Waals surface area contributed by atoms with Gasteiger partial charge in [0.1, 0.15) is 5.82 Å². The van der Waals surface area contributed by atoms with Gasteiger partial charge in [-0.05, 0) is 30.7 Å². The second kappa shape index (κ2) is 8.43. The van der Waals surface area contributed by atoms with Crippen molar-refractivity contribution >= 4 is 16.9 Å². The molecule has 0 atom stereocenters. The first-order valence-corrected chi connectivity index (χ1v) is 9.21. The van der Waals surface area contributed by atoms with E-state index in [4.69, 9.17) is 4.52 Å². The number of hydrogen-bond donors (Lipinski definition) is 2. The van der Waals surface area contributed by atoms with Crippen molar-refractivity contribution in [2.24, 2.45) is 0 Å². The number of hydrogen-bond acceptors (Lipinski definition) is 6. The van der Waals surface area contributed by atoms with Crippen LogP contribution in [0.3, 0.4) is 0 Å². The van der Waals surface area contributed by atoms with E-state index in [2.05, 4.69) is 30.4 Å². The molecule has 0 aliphatic heterocycles. The number of pyridine rings is 1. The molecule has 0 spiro atoms. The third-order valence-electron chi connectivity index (χ3n) is 4.32. The maximum Gasteiger partial charge on any atom is 0.258 e. The Morgan fingerprint density at radius 1 is 1.07 bits per heavy atom. The Morgan fingerprint density at radius 3 is 2.79 bits per heavy atom. The van der Waals surface area contributed by atoms with E-state index < -0.39 is 0 Å². The van der Waals surface area contributed by atoms with Crippen LogP contribution in [0.15, 0.2) is 53.3 Å². The maximum atomic E-state index is 12.0. The minimum atomic E-state index is 0.00830. The fourth-order valence-corrected chi connectivity index (χ4v) is 2.91. The SMILES string of the molecule is O=C(CCCc1nc2ccccc2[nH]1)NCCc1noc(-c2ccncc2)n1. The van der Waals surface area contributed by atoms with Gasteiger partial charge in [-0.25, -0.2) is 4.98 Å². The van der Waals surface area contributed by atoms with Crippen molar-refractivity contribution in [3.63, 3.8) is 0 Å². The van der Waals surface area contributed by atoms with Crippen molar-refractivity contribution in [1.82, 2.24) is 30.4 Å². The Kier molecular flexibility index (Phi) is 5.37. The Morgan fingerprint density at radius 2 is 1.93 bits per heavy atom. The lowest BCUT2D eigenvalue weighted by Crippen LogP contribution is -2.25. The lowest BCUT2D eigenvalue weighted by Gasteiger charge is -2.02. The van der Waals surface area contributed by atoms with Gasteiger partial charge in [0.15, 0.2) is 5.82 Å². The molecule has 1 amide bonds. The van der Waals surface area contributed by atoms with Gasteiger partial charge < -0.3 is 14.8 Å². The largest absolute Gasteiger partial charge is 0.356 e. The molecule has 28 heavy (non-hydrogen) atoms. The van der Waals surface area contributed by atoms with Crippen LogP contribution in [0.25, 0.3) is 22.5 Å². The Bertz CT molecular complexity index is 1020. The van der Waals surface area contributed by atoms with E-state index in [1.165, 1.54) is 0 Å². The molecule has 3 aromatic heterocycles. The van der Waals surface area contributed by atoms with Crippen molar-refractivity contribution in [2.45, 2.75) is 25.7 Å². The topological polar surface area (TPSA) is 110 Å². The van der Waals surface area contributed by atoms with Crippen LogP contribution in [0.5, 0.6) is 0 Å². The molecule has 0 unspecified atom stereocenters. The number of nitrogens with zero attached hydrogens (tertiary/aromatic N) is 4. The zero-order chi connectivity index (χ0) is 19.2. The van der Waals surface area contributed by atoms with E-state index in [1.54, 1.807) is 24.5 Å². The normalized spacial score (nSPS) is 11.0. The molecular weight excluding hydrogens is 356 g/mol. The minimum Gasteiger partial charge on any atom is -0.356 e. The quantitative estimate of drug-likeness (QED) is 0.489. The summed E-state index contributed by atoms with van der Waals surface area (Å²) in [4.78, 5) is 28.1. The van der Waals surface area contributed by atoms with Gasteiger partial charge in [0.25, 0.3) is 5.89 Å². The molecule has 0 saturated heterocycles. The molecule has 0 radical (unpaired) electrons. The van der Waals surface area contributed by atoms with E-state index in [-0.39, 0.29) is 5.91 Å². The number of amides is 1. The molecule has 0 aliphatic rings. The number of aromatic nitrogens is 5. The van der Waals surface area contributed by atoms with E-state index in [0.29, 0.717) is 31.1 Å². The number of aromatic amines is 1. The summed E-state index contributed by atoms with van der Waals surface area (Å²) >= 11 is 0. The Balaban J connectivity index is 1.18. The first-order valence-electron chi connectivity index (χ1n) is 9.21. The lowest BCUT2D eigenvalue weighted by molar-refractivity contribution is -0.121. The van der Waals surface area contributed by atoms with Gasteiger partial charge in [-0.3, -0.25) is 9.78 Å². The maximum absolute atomic E-state index is 12.0. The summed E-state index contributed by atoms with van der Waals surface area (Å²) in [7, 11) is 0. The van der Waals surface area contributed by atoms with Gasteiger partial charge in [0.05, 0.1) is 11.0 Å². The highest BCUT2D eigenvalue weighted by Gasteiger charge is 2.09. The van der Waals surface area contributed by atoms with Crippen molar-refractivity contribution in [2.75, 3.05) is 6.54 Å². The smallest absolute Gasteiger partial charge is 0.258 e. The highest BCUT2D eigenvalue weighted by Crippen LogP contribution is 2.15. The second-order valence-corrected chi connectivity index (χ2v) is 6.41.